The Balaban J connectivity index is 2.14. The van der Waals surface area contributed by atoms with E-state index >= 15 is 0 Å². The fourth-order valence-electron chi connectivity index (χ4n) is 1.70. The van der Waals surface area contributed by atoms with E-state index in [0.717, 1.165) is 0 Å². The van der Waals surface area contributed by atoms with E-state index in [0.29, 0.717) is 0 Å². The highest BCUT2D eigenvalue weighted by molar-refractivity contribution is 6.33. The van der Waals surface area contributed by atoms with Gasteiger partial charge in [0.1, 0.15) is 18.1 Å². The van der Waals surface area contributed by atoms with Crippen LogP contribution in [0.4, 0.5) is 10.1 Å². The van der Waals surface area contributed by atoms with Gasteiger partial charge in [-0.05, 0) is 24.3 Å². The molecule has 0 aliphatic carbocycles. The second-order valence-electron chi connectivity index (χ2n) is 3.97. The molecule has 0 unspecified atom stereocenters. The SMILES string of the molecule is O=C(Cn1cccc1C(=O)O)Nc1c(F)cccc1Cl. The second-order valence-corrected chi connectivity index (χ2v) is 4.38. The molecular weight excluding hydrogens is 287 g/mol. The number of hydrogen-bond acceptors (Lipinski definition) is 2. The van der Waals surface area contributed by atoms with E-state index in [1.165, 1.54) is 41.1 Å². The van der Waals surface area contributed by atoms with Crippen molar-refractivity contribution in [3.63, 3.8) is 0 Å². The number of carbonyl (C=O) groups excluding carboxylic acids is 1. The number of anilines is 1. The lowest BCUT2D eigenvalue weighted by molar-refractivity contribution is -0.116. The Kier molecular flexibility index (Phi) is 4.05. The van der Waals surface area contributed by atoms with E-state index in [4.69, 9.17) is 16.7 Å². The normalized spacial score (nSPS) is 10.3. The number of halogens is 2. The molecule has 104 valence electrons. The first-order valence-electron chi connectivity index (χ1n) is 5.61. The molecule has 0 saturated carbocycles. The summed E-state index contributed by atoms with van der Waals surface area (Å²) in [4.78, 5) is 22.7. The Morgan fingerprint density at radius 3 is 2.70 bits per heavy atom. The highest BCUT2D eigenvalue weighted by Gasteiger charge is 2.14. The smallest absolute Gasteiger partial charge is 0.352 e. The third-order valence-electron chi connectivity index (χ3n) is 2.59. The molecule has 1 amide bonds. The predicted molar refractivity (Wildman–Crippen MR) is 71.4 cm³/mol. The van der Waals surface area contributed by atoms with Gasteiger partial charge in [-0.15, -0.1) is 0 Å². The average Bonchev–Trinajstić information content (AvgIpc) is 2.82. The maximum Gasteiger partial charge on any atom is 0.352 e. The van der Waals surface area contributed by atoms with Gasteiger partial charge in [0.15, 0.2) is 0 Å². The lowest BCUT2D eigenvalue weighted by Crippen LogP contribution is -2.21. The van der Waals surface area contributed by atoms with Gasteiger partial charge in [-0.1, -0.05) is 17.7 Å². The van der Waals surface area contributed by atoms with Crippen LogP contribution in [0.15, 0.2) is 36.5 Å². The molecule has 0 fully saturated rings. The largest absolute Gasteiger partial charge is 0.477 e. The standard InChI is InChI=1S/C13H10ClFN2O3/c14-8-3-1-4-9(15)12(8)16-11(18)7-17-6-2-5-10(17)13(19)20/h1-6H,7H2,(H,16,18)(H,19,20). The van der Waals surface area contributed by atoms with Crippen molar-refractivity contribution in [3.8, 4) is 0 Å². The van der Waals surface area contributed by atoms with Crippen LogP contribution in [0.1, 0.15) is 10.5 Å². The number of nitrogens with one attached hydrogen (secondary N) is 1. The van der Waals surface area contributed by atoms with Crippen molar-refractivity contribution < 1.29 is 19.1 Å². The summed E-state index contributed by atoms with van der Waals surface area (Å²) < 4.78 is 14.7. The Morgan fingerprint density at radius 2 is 2.05 bits per heavy atom. The van der Waals surface area contributed by atoms with Crippen molar-refractivity contribution >= 4 is 29.2 Å². The van der Waals surface area contributed by atoms with E-state index in [-0.39, 0.29) is 22.9 Å². The number of carboxylic acids is 1. The van der Waals surface area contributed by atoms with E-state index in [1.54, 1.807) is 0 Å². The fourth-order valence-corrected chi connectivity index (χ4v) is 1.91. The molecule has 7 heteroatoms. The molecule has 20 heavy (non-hydrogen) atoms. The highest BCUT2D eigenvalue weighted by atomic mass is 35.5. The Hall–Kier alpha value is -2.34. The molecule has 1 aromatic carbocycles. The van der Waals surface area contributed by atoms with Crippen LogP contribution < -0.4 is 5.32 Å². The number of benzene rings is 1. The van der Waals surface area contributed by atoms with Gasteiger partial charge in [0, 0.05) is 6.20 Å². The van der Waals surface area contributed by atoms with E-state index in [1.807, 2.05) is 0 Å². The zero-order valence-electron chi connectivity index (χ0n) is 10.1. The zero-order valence-corrected chi connectivity index (χ0v) is 10.9. The summed E-state index contributed by atoms with van der Waals surface area (Å²) in [5.74, 6) is -2.38. The van der Waals surface area contributed by atoms with Crippen molar-refractivity contribution in [2.45, 2.75) is 6.54 Å². The summed E-state index contributed by atoms with van der Waals surface area (Å²) in [6, 6.07) is 6.90. The number of nitrogens with zero attached hydrogens (tertiary/aromatic N) is 1. The van der Waals surface area contributed by atoms with Crippen molar-refractivity contribution in [2.24, 2.45) is 0 Å². The highest BCUT2D eigenvalue weighted by Crippen LogP contribution is 2.24. The number of rotatable bonds is 4. The molecule has 0 aliphatic rings. The minimum atomic E-state index is -1.15. The molecular formula is C13H10ClFN2O3. The van der Waals surface area contributed by atoms with Crippen molar-refractivity contribution in [2.75, 3.05) is 5.32 Å². The predicted octanol–water partition coefficient (Wildman–Crippen LogP) is 2.62. The molecule has 5 nitrogen and oxygen atoms in total. The van der Waals surface area contributed by atoms with Crippen molar-refractivity contribution in [3.05, 3.63) is 53.1 Å². The second kappa shape index (κ2) is 5.75. The Morgan fingerprint density at radius 1 is 1.30 bits per heavy atom. The van der Waals surface area contributed by atoms with Crippen molar-refractivity contribution in [1.29, 1.82) is 0 Å². The molecule has 2 rings (SSSR count). The molecule has 0 saturated heterocycles. The number of hydrogen-bond donors (Lipinski definition) is 2. The fraction of sp³-hybridized carbons (Fsp3) is 0.0769. The van der Waals surface area contributed by atoms with Crippen LogP contribution in [0.2, 0.25) is 5.02 Å². The molecule has 1 aromatic heterocycles. The van der Waals surface area contributed by atoms with E-state index in [9.17, 15) is 14.0 Å². The summed E-state index contributed by atoms with van der Waals surface area (Å²) in [6.07, 6.45) is 1.45. The average molecular weight is 297 g/mol. The third-order valence-corrected chi connectivity index (χ3v) is 2.90. The van der Waals surface area contributed by atoms with Gasteiger partial charge in [0.25, 0.3) is 0 Å². The van der Waals surface area contributed by atoms with Crippen LogP contribution in [-0.4, -0.2) is 21.6 Å². The number of carbonyl (C=O) groups is 2. The summed E-state index contributed by atoms with van der Waals surface area (Å²) >= 11 is 5.78. The maximum absolute atomic E-state index is 13.5. The monoisotopic (exact) mass is 296 g/mol. The van der Waals surface area contributed by atoms with Crippen LogP contribution >= 0.6 is 11.6 Å². The molecule has 0 aliphatic heterocycles. The van der Waals surface area contributed by atoms with Crippen LogP contribution in [0.3, 0.4) is 0 Å². The van der Waals surface area contributed by atoms with E-state index in [2.05, 4.69) is 5.32 Å². The van der Waals surface area contributed by atoms with Crippen LogP contribution in [-0.2, 0) is 11.3 Å². The minimum Gasteiger partial charge on any atom is -0.477 e. The summed E-state index contributed by atoms with van der Waals surface area (Å²) in [5, 5.41) is 11.3. The third kappa shape index (κ3) is 2.97. The topological polar surface area (TPSA) is 71.3 Å². The van der Waals surface area contributed by atoms with Gasteiger partial charge in [-0.25, -0.2) is 9.18 Å². The van der Waals surface area contributed by atoms with Gasteiger partial charge in [-0.2, -0.15) is 0 Å². The van der Waals surface area contributed by atoms with Gasteiger partial charge in [0.05, 0.1) is 10.7 Å². The maximum atomic E-state index is 13.5. The number of amides is 1. The first-order valence-corrected chi connectivity index (χ1v) is 5.99. The molecule has 0 spiro atoms. The molecule has 1 heterocycles. The zero-order chi connectivity index (χ0) is 14.7. The van der Waals surface area contributed by atoms with Gasteiger partial charge < -0.3 is 15.0 Å². The molecule has 0 bridgehead atoms. The molecule has 2 aromatic rings. The lowest BCUT2D eigenvalue weighted by atomic mass is 10.3. The van der Waals surface area contributed by atoms with Gasteiger partial charge >= 0.3 is 5.97 Å². The summed E-state index contributed by atoms with van der Waals surface area (Å²) in [6.45, 7) is -0.251. The van der Waals surface area contributed by atoms with Gasteiger partial charge in [0.2, 0.25) is 5.91 Å². The number of carboxylic acid groups (broad SMARTS) is 1. The van der Waals surface area contributed by atoms with Crippen LogP contribution in [0.5, 0.6) is 0 Å². The Labute approximate surface area is 118 Å². The van der Waals surface area contributed by atoms with Crippen molar-refractivity contribution in [1.82, 2.24) is 4.57 Å². The van der Waals surface area contributed by atoms with Crippen LogP contribution in [0.25, 0.3) is 0 Å². The van der Waals surface area contributed by atoms with E-state index < -0.39 is 17.7 Å². The molecule has 2 N–H and O–H groups in total. The molecule has 0 radical (unpaired) electrons. The first-order chi connectivity index (χ1) is 9.49. The number of aromatic carboxylic acids is 1. The Bertz CT molecular complexity index is 649. The number of para-hydroxylation sites is 1. The van der Waals surface area contributed by atoms with Crippen LogP contribution in [0, 0.1) is 5.82 Å². The lowest BCUT2D eigenvalue weighted by Gasteiger charge is -2.10. The summed E-state index contributed by atoms with van der Waals surface area (Å²) in [7, 11) is 0. The summed E-state index contributed by atoms with van der Waals surface area (Å²) in [5.41, 5.74) is -0.150. The minimum absolute atomic E-state index is 0.0280. The quantitative estimate of drug-likeness (QED) is 0.911. The first kappa shape index (κ1) is 14.1. The van der Waals surface area contributed by atoms with Gasteiger partial charge in [-0.3, -0.25) is 4.79 Å². The molecule has 0 atom stereocenters. The number of aromatic nitrogens is 1.